The normalized spacial score (nSPS) is 18.6. The van der Waals surface area contributed by atoms with Crippen LogP contribution in [0.1, 0.15) is 38.7 Å². The molecule has 8 nitrogen and oxygen atoms in total. The number of likely N-dealkylation sites (N-methyl/N-ethyl adjacent to an activating group) is 1. The highest BCUT2D eigenvalue weighted by Crippen LogP contribution is 2.33. The van der Waals surface area contributed by atoms with Gasteiger partial charge in [0.2, 0.25) is 11.8 Å². The number of phenols is 1. The van der Waals surface area contributed by atoms with Gasteiger partial charge < -0.3 is 20.0 Å². The van der Waals surface area contributed by atoms with Gasteiger partial charge in [0.25, 0.3) is 0 Å². The van der Waals surface area contributed by atoms with Crippen LogP contribution in [-0.4, -0.2) is 87.8 Å². The molecule has 30 heavy (non-hydrogen) atoms. The van der Waals surface area contributed by atoms with E-state index >= 15 is 0 Å². The molecule has 1 heterocycles. The summed E-state index contributed by atoms with van der Waals surface area (Å²) in [4.78, 5) is 42.6. The van der Waals surface area contributed by atoms with Crippen molar-refractivity contribution in [2.45, 2.75) is 50.9 Å². The Balaban J connectivity index is 2.67. The molecule has 2 N–H and O–H groups in total. The van der Waals surface area contributed by atoms with Crippen LogP contribution in [-0.2, 0) is 9.59 Å². The van der Waals surface area contributed by atoms with Gasteiger partial charge in [0, 0.05) is 26.2 Å². The molecule has 2 rings (SSSR count). The van der Waals surface area contributed by atoms with Crippen molar-refractivity contribution in [3.63, 3.8) is 0 Å². The molecule has 9 heteroatoms. The molecule has 1 aromatic rings. The number of alkyl halides is 1. The fourth-order valence-electron chi connectivity index (χ4n) is 3.75. The summed E-state index contributed by atoms with van der Waals surface area (Å²) in [6, 6.07) is 4.34. The zero-order valence-electron chi connectivity index (χ0n) is 18.0. The SMILES string of the molecule is CN(C)C(=O)[C@@H](c1ccc(O)cc1)[C@@H](C(=O)N1CC[C@H](F)C1)N(C(=O)O)C(C)(C)C. The number of rotatable bonds is 5. The molecule has 0 saturated carbocycles. The second kappa shape index (κ2) is 8.89. The van der Waals surface area contributed by atoms with Gasteiger partial charge in [-0.2, -0.15) is 0 Å². The van der Waals surface area contributed by atoms with Gasteiger partial charge >= 0.3 is 6.09 Å². The van der Waals surface area contributed by atoms with Gasteiger partial charge in [0.05, 0.1) is 12.5 Å². The average Bonchev–Trinajstić information content (AvgIpc) is 3.06. The number of carboxylic acid groups (broad SMARTS) is 1. The topological polar surface area (TPSA) is 101 Å². The molecule has 1 fully saturated rings. The number of hydrogen-bond acceptors (Lipinski definition) is 4. The van der Waals surface area contributed by atoms with Crippen molar-refractivity contribution < 1.29 is 29.0 Å². The summed E-state index contributed by atoms with van der Waals surface area (Å²) in [5, 5.41) is 19.6. The van der Waals surface area contributed by atoms with Gasteiger partial charge in [0.1, 0.15) is 18.0 Å². The van der Waals surface area contributed by atoms with Crippen molar-refractivity contribution in [2.75, 3.05) is 27.2 Å². The maximum Gasteiger partial charge on any atom is 0.408 e. The number of benzene rings is 1. The van der Waals surface area contributed by atoms with Crippen LogP contribution in [0, 0.1) is 0 Å². The zero-order chi connectivity index (χ0) is 22.8. The quantitative estimate of drug-likeness (QED) is 0.757. The van der Waals surface area contributed by atoms with Gasteiger partial charge in [0.15, 0.2) is 0 Å². The summed E-state index contributed by atoms with van der Waals surface area (Å²) < 4.78 is 13.8. The monoisotopic (exact) mass is 423 g/mol. The molecule has 0 spiro atoms. The molecule has 1 aliphatic heterocycles. The lowest BCUT2D eigenvalue weighted by Gasteiger charge is -2.43. The molecule has 0 bridgehead atoms. The Hall–Kier alpha value is -2.84. The van der Waals surface area contributed by atoms with E-state index < -0.39 is 41.6 Å². The lowest BCUT2D eigenvalue weighted by atomic mass is 9.86. The summed E-state index contributed by atoms with van der Waals surface area (Å²) in [5.41, 5.74) is -0.626. The fourth-order valence-corrected chi connectivity index (χ4v) is 3.75. The lowest BCUT2D eigenvalue weighted by Crippen LogP contribution is -2.61. The Morgan fingerprint density at radius 2 is 1.73 bits per heavy atom. The third-order valence-corrected chi connectivity index (χ3v) is 5.18. The summed E-state index contributed by atoms with van der Waals surface area (Å²) in [7, 11) is 3.04. The number of aromatic hydroxyl groups is 1. The average molecular weight is 423 g/mol. The van der Waals surface area contributed by atoms with Crippen molar-refractivity contribution in [3.05, 3.63) is 29.8 Å². The Bertz CT molecular complexity index is 791. The molecular formula is C21H30FN3O5. The fraction of sp³-hybridized carbons (Fsp3) is 0.571. The number of likely N-dealkylation sites (tertiary alicyclic amines) is 1. The molecule has 0 aromatic heterocycles. The van der Waals surface area contributed by atoms with E-state index in [2.05, 4.69) is 0 Å². The Morgan fingerprint density at radius 1 is 1.17 bits per heavy atom. The van der Waals surface area contributed by atoms with E-state index in [9.17, 15) is 29.0 Å². The molecule has 0 radical (unpaired) electrons. The van der Waals surface area contributed by atoms with Gasteiger partial charge in [-0.25, -0.2) is 9.18 Å². The van der Waals surface area contributed by atoms with Crippen LogP contribution in [0.5, 0.6) is 5.75 Å². The number of amides is 3. The Kier molecular flexibility index (Phi) is 6.95. The molecule has 3 amide bonds. The van der Waals surface area contributed by atoms with E-state index in [1.54, 1.807) is 20.8 Å². The van der Waals surface area contributed by atoms with Crippen LogP contribution < -0.4 is 0 Å². The first-order chi connectivity index (χ1) is 13.8. The van der Waals surface area contributed by atoms with Crippen LogP contribution in [0.2, 0.25) is 0 Å². The van der Waals surface area contributed by atoms with Crippen LogP contribution in [0.3, 0.4) is 0 Å². The molecule has 0 unspecified atom stereocenters. The molecule has 166 valence electrons. The van der Waals surface area contributed by atoms with Crippen molar-refractivity contribution in [2.24, 2.45) is 0 Å². The summed E-state index contributed by atoms with van der Waals surface area (Å²) in [6.45, 7) is 4.93. The second-order valence-corrected chi connectivity index (χ2v) is 8.74. The Morgan fingerprint density at radius 3 is 2.13 bits per heavy atom. The van der Waals surface area contributed by atoms with Crippen LogP contribution in [0.4, 0.5) is 9.18 Å². The minimum Gasteiger partial charge on any atom is -0.508 e. The lowest BCUT2D eigenvalue weighted by molar-refractivity contribution is -0.144. The maximum absolute atomic E-state index is 13.8. The summed E-state index contributed by atoms with van der Waals surface area (Å²) >= 11 is 0. The minimum absolute atomic E-state index is 0.0246. The zero-order valence-corrected chi connectivity index (χ0v) is 18.0. The number of halogens is 1. The second-order valence-electron chi connectivity index (χ2n) is 8.74. The summed E-state index contributed by atoms with van der Waals surface area (Å²) in [6.07, 6.45) is -2.36. The number of hydrogen-bond donors (Lipinski definition) is 2. The molecular weight excluding hydrogens is 393 g/mol. The predicted molar refractivity (Wildman–Crippen MR) is 109 cm³/mol. The largest absolute Gasteiger partial charge is 0.508 e. The molecule has 3 atom stereocenters. The number of phenolic OH excluding ortho intramolecular Hbond substituents is 1. The minimum atomic E-state index is -1.40. The van der Waals surface area contributed by atoms with Crippen molar-refractivity contribution in [1.29, 1.82) is 0 Å². The van der Waals surface area contributed by atoms with Gasteiger partial charge in [-0.15, -0.1) is 0 Å². The molecule has 1 aromatic carbocycles. The number of nitrogens with zero attached hydrogens (tertiary/aromatic N) is 3. The molecule has 1 aliphatic rings. The first-order valence-electron chi connectivity index (χ1n) is 9.79. The highest BCUT2D eigenvalue weighted by molar-refractivity contribution is 5.95. The van der Waals surface area contributed by atoms with Gasteiger partial charge in [-0.05, 0) is 44.9 Å². The highest BCUT2D eigenvalue weighted by atomic mass is 19.1. The molecule has 0 aliphatic carbocycles. The van der Waals surface area contributed by atoms with Crippen LogP contribution in [0.25, 0.3) is 0 Å². The van der Waals surface area contributed by atoms with E-state index in [0.717, 1.165) is 4.90 Å². The van der Waals surface area contributed by atoms with Crippen molar-refractivity contribution in [1.82, 2.24) is 14.7 Å². The maximum atomic E-state index is 13.8. The number of carbonyl (C=O) groups excluding carboxylic acids is 2. The first-order valence-corrected chi connectivity index (χ1v) is 9.79. The third-order valence-electron chi connectivity index (χ3n) is 5.18. The van der Waals surface area contributed by atoms with E-state index in [4.69, 9.17) is 0 Å². The van der Waals surface area contributed by atoms with E-state index in [0.29, 0.717) is 5.56 Å². The van der Waals surface area contributed by atoms with Gasteiger partial charge in [-0.3, -0.25) is 14.5 Å². The predicted octanol–water partition coefficient (Wildman–Crippen LogP) is 2.28. The highest BCUT2D eigenvalue weighted by Gasteiger charge is 2.48. The Labute approximate surface area is 175 Å². The van der Waals surface area contributed by atoms with Crippen molar-refractivity contribution in [3.8, 4) is 5.75 Å². The standard InChI is InChI=1S/C21H30FN3O5/c1-21(2,3)25(20(29)30)17(19(28)24-11-10-14(22)12-24)16(18(27)23(4)5)13-6-8-15(26)9-7-13/h6-9,14,16-17,26H,10-12H2,1-5H3,(H,29,30)/t14-,16-,17-/m0/s1. The van der Waals surface area contributed by atoms with Crippen molar-refractivity contribution >= 4 is 17.9 Å². The first kappa shape index (κ1) is 23.4. The smallest absolute Gasteiger partial charge is 0.408 e. The third kappa shape index (κ3) is 5.01. The van der Waals surface area contributed by atoms with E-state index in [-0.39, 0.29) is 25.3 Å². The molecule has 1 saturated heterocycles. The van der Waals surface area contributed by atoms with Crippen LogP contribution in [0.15, 0.2) is 24.3 Å². The summed E-state index contributed by atoms with van der Waals surface area (Å²) in [5.74, 6) is -2.27. The number of carbonyl (C=O) groups is 3. The van der Waals surface area contributed by atoms with Gasteiger partial charge in [-0.1, -0.05) is 12.1 Å². The van der Waals surface area contributed by atoms with E-state index in [1.807, 2.05) is 0 Å². The van der Waals surface area contributed by atoms with Crippen LogP contribution >= 0.6 is 0 Å². The van der Waals surface area contributed by atoms with E-state index in [1.165, 1.54) is 48.2 Å².